The Bertz CT molecular complexity index is 226. The fraction of sp³-hybridized carbons (Fsp3) is 0.600. The summed E-state index contributed by atoms with van der Waals surface area (Å²) in [5.74, 6) is 0. The van der Waals surface area contributed by atoms with E-state index in [2.05, 4.69) is 38.5 Å². The second-order valence-corrected chi connectivity index (χ2v) is 7.41. The van der Waals surface area contributed by atoms with Gasteiger partial charge >= 0.3 is 0 Å². The third-order valence-corrected chi connectivity index (χ3v) is 4.62. The zero-order chi connectivity index (χ0) is 9.84. The van der Waals surface area contributed by atoms with Gasteiger partial charge < -0.3 is 0 Å². The molecule has 0 aliphatic rings. The molecule has 1 aromatic heterocycles. The van der Waals surface area contributed by atoms with E-state index in [-0.39, 0.29) is 0 Å². The largest absolute Gasteiger partial charge is 0.150 e. The molecule has 0 spiro atoms. The van der Waals surface area contributed by atoms with Crippen molar-refractivity contribution in [2.75, 3.05) is 0 Å². The molecule has 0 aliphatic heterocycles. The van der Waals surface area contributed by atoms with Crippen LogP contribution in [0.25, 0.3) is 0 Å². The minimum Gasteiger partial charge on any atom is -0.150 e. The maximum atomic E-state index is 2.26. The quantitative estimate of drug-likeness (QED) is 0.687. The predicted octanol–water partition coefficient (Wildman–Crippen LogP) is 4.75. The Morgan fingerprint density at radius 2 is 1.31 bits per heavy atom. The van der Waals surface area contributed by atoms with Crippen molar-refractivity contribution in [3.63, 3.8) is 0 Å². The molecule has 74 valence electrons. The fourth-order valence-corrected chi connectivity index (χ4v) is 4.10. The van der Waals surface area contributed by atoms with E-state index in [0.29, 0.717) is 10.5 Å². The minimum absolute atomic E-state index is 0.682. The van der Waals surface area contributed by atoms with Gasteiger partial charge in [-0.15, -0.1) is 23.5 Å². The van der Waals surface area contributed by atoms with Crippen LogP contribution in [0, 0.1) is 0 Å². The van der Waals surface area contributed by atoms with Gasteiger partial charge in [-0.1, -0.05) is 27.7 Å². The molecule has 0 bridgehead atoms. The maximum absolute atomic E-state index is 2.26. The van der Waals surface area contributed by atoms with E-state index in [4.69, 9.17) is 0 Å². The molecule has 0 saturated carbocycles. The smallest absolute Gasteiger partial charge is 0.0318 e. The van der Waals surface area contributed by atoms with Crippen LogP contribution in [0.5, 0.6) is 0 Å². The summed E-state index contributed by atoms with van der Waals surface area (Å²) in [6.07, 6.45) is 0. The minimum atomic E-state index is 0.682. The highest BCUT2D eigenvalue weighted by Gasteiger charge is 2.08. The van der Waals surface area contributed by atoms with Gasteiger partial charge in [0.2, 0.25) is 0 Å². The molecule has 0 atom stereocenters. The Balaban J connectivity index is 2.65. The Hall–Kier alpha value is 0.400. The fourth-order valence-electron chi connectivity index (χ4n) is 0.953. The molecule has 13 heavy (non-hydrogen) atoms. The molecule has 0 N–H and O–H groups in total. The van der Waals surface area contributed by atoms with E-state index >= 15 is 0 Å². The molecular formula is C10H16S3. The Morgan fingerprint density at radius 1 is 0.923 bits per heavy atom. The zero-order valence-electron chi connectivity index (χ0n) is 8.53. The lowest BCUT2D eigenvalue weighted by molar-refractivity contribution is 1.09. The third kappa shape index (κ3) is 3.96. The van der Waals surface area contributed by atoms with E-state index in [1.54, 1.807) is 0 Å². The van der Waals surface area contributed by atoms with Gasteiger partial charge in [0, 0.05) is 31.1 Å². The van der Waals surface area contributed by atoms with Gasteiger partial charge in [0.15, 0.2) is 0 Å². The highest BCUT2D eigenvalue weighted by Crippen LogP contribution is 2.37. The summed E-state index contributed by atoms with van der Waals surface area (Å²) in [7, 11) is 0. The summed E-state index contributed by atoms with van der Waals surface area (Å²) < 4.78 is 0. The van der Waals surface area contributed by atoms with Crippen molar-refractivity contribution in [1.82, 2.24) is 0 Å². The molecule has 1 rings (SSSR count). The normalized spacial score (nSPS) is 11.5. The molecule has 0 fully saturated rings. The van der Waals surface area contributed by atoms with Crippen LogP contribution in [0.15, 0.2) is 20.6 Å². The third-order valence-electron chi connectivity index (χ3n) is 1.32. The molecular weight excluding hydrogens is 216 g/mol. The summed E-state index contributed by atoms with van der Waals surface area (Å²) in [6, 6.07) is 0. The first-order valence-electron chi connectivity index (χ1n) is 4.49. The topological polar surface area (TPSA) is 0 Å². The molecule has 0 saturated heterocycles. The Labute approximate surface area is 93.5 Å². The van der Waals surface area contributed by atoms with Crippen LogP contribution < -0.4 is 0 Å². The summed E-state index contributed by atoms with van der Waals surface area (Å²) >= 11 is 5.74. The zero-order valence-corrected chi connectivity index (χ0v) is 11.0. The lowest BCUT2D eigenvalue weighted by Gasteiger charge is -2.07. The predicted molar refractivity (Wildman–Crippen MR) is 66.3 cm³/mol. The van der Waals surface area contributed by atoms with E-state index in [1.807, 2.05) is 34.9 Å². The second kappa shape index (κ2) is 5.32. The van der Waals surface area contributed by atoms with Gasteiger partial charge in [-0.05, 0) is 0 Å². The van der Waals surface area contributed by atoms with Crippen molar-refractivity contribution < 1.29 is 0 Å². The first-order valence-corrected chi connectivity index (χ1v) is 7.19. The Kier molecular flexibility index (Phi) is 4.70. The van der Waals surface area contributed by atoms with Crippen LogP contribution in [-0.2, 0) is 0 Å². The van der Waals surface area contributed by atoms with Crippen molar-refractivity contribution in [2.45, 2.75) is 48.0 Å². The molecule has 3 heteroatoms. The summed E-state index contributed by atoms with van der Waals surface area (Å²) in [5, 5.41) is 5.88. The van der Waals surface area contributed by atoms with E-state index in [0.717, 1.165) is 0 Å². The molecule has 0 aliphatic carbocycles. The van der Waals surface area contributed by atoms with E-state index in [9.17, 15) is 0 Å². The van der Waals surface area contributed by atoms with Crippen LogP contribution in [0.2, 0.25) is 0 Å². The molecule has 0 aromatic carbocycles. The number of rotatable bonds is 4. The van der Waals surface area contributed by atoms with Crippen molar-refractivity contribution in [3.05, 3.63) is 10.8 Å². The van der Waals surface area contributed by atoms with Gasteiger partial charge in [0.25, 0.3) is 0 Å². The van der Waals surface area contributed by atoms with Gasteiger partial charge in [0.05, 0.1) is 0 Å². The molecule has 0 nitrogen and oxygen atoms in total. The number of thioether (sulfide) groups is 2. The van der Waals surface area contributed by atoms with Crippen molar-refractivity contribution >= 4 is 34.9 Å². The van der Waals surface area contributed by atoms with Crippen LogP contribution >= 0.6 is 34.9 Å². The maximum Gasteiger partial charge on any atom is 0.0318 e. The number of hydrogen-bond acceptors (Lipinski definition) is 3. The second-order valence-electron chi connectivity index (χ2n) is 3.43. The highest BCUT2D eigenvalue weighted by molar-refractivity contribution is 8.03. The molecule has 0 unspecified atom stereocenters. The molecule has 0 amide bonds. The monoisotopic (exact) mass is 232 g/mol. The highest BCUT2D eigenvalue weighted by atomic mass is 32.2. The first-order chi connectivity index (χ1) is 6.09. The van der Waals surface area contributed by atoms with Crippen molar-refractivity contribution in [3.8, 4) is 0 Å². The van der Waals surface area contributed by atoms with Crippen LogP contribution in [0.4, 0.5) is 0 Å². The average Bonchev–Trinajstić information content (AvgIpc) is 2.34. The average molecular weight is 232 g/mol. The standard InChI is InChI=1S/C10H16S3/c1-7(2)12-9-5-11-6-10(9)13-8(3)4/h5-8H,1-4H3. The number of hydrogen-bond donors (Lipinski definition) is 0. The van der Waals surface area contributed by atoms with Crippen molar-refractivity contribution in [1.29, 1.82) is 0 Å². The SMILES string of the molecule is CC(C)Sc1cscc1SC(C)C. The van der Waals surface area contributed by atoms with Crippen LogP contribution in [0.3, 0.4) is 0 Å². The first kappa shape index (κ1) is 11.5. The molecule has 1 heterocycles. The Morgan fingerprint density at radius 3 is 1.62 bits per heavy atom. The number of thiophene rings is 1. The lowest BCUT2D eigenvalue weighted by Crippen LogP contribution is -1.88. The van der Waals surface area contributed by atoms with E-state index < -0.39 is 0 Å². The molecule has 0 radical (unpaired) electrons. The van der Waals surface area contributed by atoms with E-state index in [1.165, 1.54) is 9.79 Å². The van der Waals surface area contributed by atoms with Crippen LogP contribution in [-0.4, -0.2) is 10.5 Å². The summed E-state index contributed by atoms with van der Waals surface area (Å²) in [6.45, 7) is 8.97. The van der Waals surface area contributed by atoms with Gasteiger partial charge in [-0.2, -0.15) is 11.3 Å². The van der Waals surface area contributed by atoms with Crippen LogP contribution in [0.1, 0.15) is 27.7 Å². The summed E-state index contributed by atoms with van der Waals surface area (Å²) in [4.78, 5) is 2.91. The van der Waals surface area contributed by atoms with Gasteiger partial charge in [-0.3, -0.25) is 0 Å². The molecule has 1 aromatic rings. The van der Waals surface area contributed by atoms with Gasteiger partial charge in [0.1, 0.15) is 0 Å². The lowest BCUT2D eigenvalue weighted by atomic mass is 10.6. The van der Waals surface area contributed by atoms with Crippen molar-refractivity contribution in [2.24, 2.45) is 0 Å². The van der Waals surface area contributed by atoms with Gasteiger partial charge in [-0.25, -0.2) is 0 Å². The summed E-state index contributed by atoms with van der Waals surface area (Å²) in [5.41, 5.74) is 0.